The number of phenols is 1. The summed E-state index contributed by atoms with van der Waals surface area (Å²) in [7, 11) is 3.08. The summed E-state index contributed by atoms with van der Waals surface area (Å²) in [6.07, 6.45) is 1.43. The van der Waals surface area contributed by atoms with Crippen LogP contribution in [0.3, 0.4) is 0 Å². The normalized spacial score (nSPS) is 24.0. The lowest BCUT2D eigenvalue weighted by Gasteiger charge is -2.50. The van der Waals surface area contributed by atoms with E-state index in [0.717, 1.165) is 0 Å². The summed E-state index contributed by atoms with van der Waals surface area (Å²) in [5.74, 6) is -7.67. The number of likely N-dealkylation sites (N-methyl/N-ethyl adjacent to an activating group) is 1. The van der Waals surface area contributed by atoms with Gasteiger partial charge in [0.25, 0.3) is 11.8 Å². The summed E-state index contributed by atoms with van der Waals surface area (Å²) in [5.41, 5.74) is 3.66. The van der Waals surface area contributed by atoms with Gasteiger partial charge in [-0.1, -0.05) is 30.8 Å². The van der Waals surface area contributed by atoms with Crippen LogP contribution in [0.1, 0.15) is 35.5 Å². The number of benzene rings is 2. The molecule has 13 heteroatoms. The number of carbonyl (C=O) groups excluding carboxylic acids is 4. The van der Waals surface area contributed by atoms with E-state index in [4.69, 9.17) is 10.3 Å². The van der Waals surface area contributed by atoms with E-state index in [-0.39, 0.29) is 42.9 Å². The number of nitrogens with zero attached hydrogens (tertiary/aromatic N) is 2. The number of aliphatic hydroxyl groups excluding tert-OH is 2. The van der Waals surface area contributed by atoms with Gasteiger partial charge in [0.15, 0.2) is 11.4 Å². The number of nitrogens with two attached hydrogens (primary N) is 1. The van der Waals surface area contributed by atoms with E-state index in [1.54, 1.807) is 30.3 Å². The zero-order valence-corrected chi connectivity index (χ0v) is 23.6. The summed E-state index contributed by atoms with van der Waals surface area (Å²) in [5, 5.41) is 51.4. The lowest BCUT2D eigenvalue weighted by atomic mass is 9.57. The highest BCUT2D eigenvalue weighted by Crippen LogP contribution is 2.53. The molecule has 2 aromatic carbocycles. The van der Waals surface area contributed by atoms with Crippen molar-refractivity contribution in [1.82, 2.24) is 10.1 Å². The standard InChI is InChI=1S/C31H28N4O9.CH4/c1-35(2)24-18-12-14-11-17-16(13-4-3-5-15(10-13)34-30(42)20-8-9-33-44-20)6-7-19(36)22(17)25(37)21(14)27(39)31(18,43)28(40)23(26(24)38)29(32)41;/h3-10,14,18,24,36-37,40,43H,11-12H2,1-2H3,(H2,32,41)(H,34,42);1H4/t14-,18-,24+,31-;/m0./s1. The zero-order valence-electron chi connectivity index (χ0n) is 23.6. The Morgan fingerprint density at radius 1 is 1.11 bits per heavy atom. The van der Waals surface area contributed by atoms with Crippen LogP contribution < -0.4 is 11.1 Å². The van der Waals surface area contributed by atoms with Crippen molar-refractivity contribution in [3.63, 3.8) is 0 Å². The molecule has 6 rings (SSSR count). The first-order chi connectivity index (χ1) is 20.9. The van der Waals surface area contributed by atoms with Crippen molar-refractivity contribution in [1.29, 1.82) is 0 Å². The summed E-state index contributed by atoms with van der Waals surface area (Å²) >= 11 is 0. The molecule has 234 valence electrons. The Morgan fingerprint density at radius 2 is 1.84 bits per heavy atom. The van der Waals surface area contributed by atoms with Crippen molar-refractivity contribution in [2.75, 3.05) is 19.4 Å². The van der Waals surface area contributed by atoms with E-state index in [1.165, 1.54) is 37.3 Å². The van der Waals surface area contributed by atoms with Crippen LogP contribution in [0.2, 0.25) is 0 Å². The number of phenolic OH excluding ortho intramolecular Hbond substituents is 1. The zero-order chi connectivity index (χ0) is 31.7. The van der Waals surface area contributed by atoms with Crippen molar-refractivity contribution in [2.24, 2.45) is 17.6 Å². The molecule has 1 fully saturated rings. The van der Waals surface area contributed by atoms with Crippen molar-refractivity contribution in [2.45, 2.75) is 31.9 Å². The molecule has 13 nitrogen and oxygen atoms in total. The average Bonchev–Trinajstić information content (AvgIpc) is 3.50. The second kappa shape index (κ2) is 11.0. The molecule has 1 heterocycles. The number of ketones is 2. The molecule has 0 bridgehead atoms. The molecule has 4 atom stereocenters. The molecule has 3 aromatic rings. The highest BCUT2D eigenvalue weighted by molar-refractivity contribution is 6.24. The summed E-state index contributed by atoms with van der Waals surface area (Å²) in [6.45, 7) is 0. The number of carbonyl (C=O) groups is 4. The molecule has 0 spiro atoms. The first-order valence-electron chi connectivity index (χ1n) is 13.7. The Kier molecular flexibility index (Phi) is 7.63. The number of anilines is 1. The average molecular weight is 617 g/mol. The van der Waals surface area contributed by atoms with E-state index in [2.05, 4.69) is 10.5 Å². The number of aliphatic hydroxyl groups is 3. The Bertz CT molecular complexity index is 1830. The van der Waals surface area contributed by atoms with Crippen LogP contribution in [-0.2, 0) is 20.8 Å². The van der Waals surface area contributed by atoms with Gasteiger partial charge in [-0.2, -0.15) is 0 Å². The van der Waals surface area contributed by atoms with Crippen molar-refractivity contribution < 1.29 is 44.1 Å². The Labute approximate surface area is 257 Å². The lowest BCUT2D eigenvalue weighted by molar-refractivity contribution is -0.153. The van der Waals surface area contributed by atoms with Crippen LogP contribution in [0.15, 0.2) is 70.1 Å². The number of nitrogens with one attached hydrogen (secondary N) is 1. The molecule has 3 aliphatic carbocycles. The molecule has 0 unspecified atom stereocenters. The molecule has 3 aliphatic rings. The largest absolute Gasteiger partial charge is 0.508 e. The van der Waals surface area contributed by atoms with Gasteiger partial charge in [-0.15, -0.1) is 0 Å². The lowest BCUT2D eigenvalue weighted by Crippen LogP contribution is -2.65. The van der Waals surface area contributed by atoms with Gasteiger partial charge in [-0.3, -0.25) is 24.1 Å². The second-order valence-corrected chi connectivity index (χ2v) is 11.4. The molecule has 1 saturated carbocycles. The first kappa shape index (κ1) is 31.2. The maximum atomic E-state index is 14.0. The number of aromatic nitrogens is 1. The minimum absolute atomic E-state index is 0. The van der Waals surface area contributed by atoms with E-state index in [9.17, 15) is 39.6 Å². The molecule has 45 heavy (non-hydrogen) atoms. The smallest absolute Gasteiger partial charge is 0.294 e. The number of aromatic hydroxyl groups is 1. The second-order valence-electron chi connectivity index (χ2n) is 11.4. The number of amides is 2. The molecular formula is C32H32N4O9. The van der Waals surface area contributed by atoms with Gasteiger partial charge in [-0.05, 0) is 67.7 Å². The van der Waals surface area contributed by atoms with Crippen LogP contribution in [0.25, 0.3) is 16.9 Å². The van der Waals surface area contributed by atoms with Crippen LogP contribution >= 0.6 is 0 Å². The first-order valence-corrected chi connectivity index (χ1v) is 13.7. The van der Waals surface area contributed by atoms with Crippen molar-refractivity contribution in [3.05, 3.63) is 82.5 Å². The van der Waals surface area contributed by atoms with Crippen molar-refractivity contribution in [3.8, 4) is 16.9 Å². The van der Waals surface area contributed by atoms with Gasteiger partial charge >= 0.3 is 0 Å². The fourth-order valence-corrected chi connectivity index (χ4v) is 6.80. The molecule has 7 N–H and O–H groups in total. The van der Waals surface area contributed by atoms with Gasteiger partial charge in [0, 0.05) is 23.2 Å². The van der Waals surface area contributed by atoms with E-state index in [0.29, 0.717) is 22.4 Å². The van der Waals surface area contributed by atoms with Gasteiger partial charge in [-0.25, -0.2) is 0 Å². The third kappa shape index (κ3) is 4.59. The Morgan fingerprint density at radius 3 is 2.49 bits per heavy atom. The number of primary amides is 1. The van der Waals surface area contributed by atoms with Crippen LogP contribution in [0.4, 0.5) is 5.69 Å². The molecule has 2 amide bonds. The van der Waals surface area contributed by atoms with E-state index >= 15 is 0 Å². The van der Waals surface area contributed by atoms with Gasteiger partial charge < -0.3 is 36.0 Å². The van der Waals surface area contributed by atoms with Crippen molar-refractivity contribution >= 4 is 34.8 Å². The predicted molar refractivity (Wildman–Crippen MR) is 161 cm³/mol. The third-order valence-corrected chi connectivity index (χ3v) is 8.70. The van der Waals surface area contributed by atoms with Gasteiger partial charge in [0.2, 0.25) is 11.5 Å². The molecule has 0 aliphatic heterocycles. The predicted octanol–water partition coefficient (Wildman–Crippen LogP) is 2.51. The number of rotatable bonds is 5. The highest BCUT2D eigenvalue weighted by Gasteiger charge is 2.64. The third-order valence-electron chi connectivity index (χ3n) is 8.70. The highest BCUT2D eigenvalue weighted by atomic mass is 16.5. The molecule has 1 aromatic heterocycles. The number of Topliss-reactive ketones (excluding diaryl/α,β-unsaturated/α-hetero) is 2. The Balaban J connectivity index is 0.00000400. The SMILES string of the molecule is C.CN(C)[C@H]1C(=O)C(C(N)=O)=C(O)[C@@]2(O)C(=O)C3=C(O)c4c(O)ccc(-c5cccc(NC(=O)c6ccno6)c5)c4C[C@H]3C[C@@H]12. The minimum atomic E-state index is -2.71. The maximum absolute atomic E-state index is 14.0. The summed E-state index contributed by atoms with van der Waals surface area (Å²) < 4.78 is 4.91. The number of hydrogen-bond donors (Lipinski definition) is 6. The van der Waals surface area contributed by atoms with Crippen LogP contribution in [-0.4, -0.2) is 79.6 Å². The van der Waals surface area contributed by atoms with Gasteiger partial charge in [0.1, 0.15) is 22.8 Å². The van der Waals surface area contributed by atoms with Crippen LogP contribution in [0.5, 0.6) is 5.75 Å². The monoisotopic (exact) mass is 616 g/mol. The van der Waals surface area contributed by atoms with Crippen LogP contribution in [0, 0.1) is 11.8 Å². The molecule has 0 saturated heterocycles. The number of hydrogen-bond acceptors (Lipinski definition) is 11. The minimum Gasteiger partial charge on any atom is -0.508 e. The molecular weight excluding hydrogens is 584 g/mol. The van der Waals surface area contributed by atoms with Gasteiger partial charge in [0.05, 0.1) is 17.8 Å². The fourth-order valence-electron chi connectivity index (χ4n) is 6.80. The topological polar surface area (TPSA) is 217 Å². The quantitative estimate of drug-likeness (QED) is 0.229. The maximum Gasteiger partial charge on any atom is 0.294 e. The summed E-state index contributed by atoms with van der Waals surface area (Å²) in [6, 6.07) is 10.1. The van der Waals surface area contributed by atoms with E-state index in [1.807, 2.05) is 0 Å². The number of fused-ring (bicyclic) bond motifs is 3. The molecule has 0 radical (unpaired) electrons. The Hall–Kier alpha value is -5.27. The fraction of sp³-hybridized carbons (Fsp3) is 0.281. The van der Waals surface area contributed by atoms with E-state index < -0.39 is 64.0 Å². The summed E-state index contributed by atoms with van der Waals surface area (Å²) in [4.78, 5) is 53.4.